The van der Waals surface area contributed by atoms with Gasteiger partial charge in [-0.05, 0) is 68.4 Å². The van der Waals surface area contributed by atoms with Crippen molar-refractivity contribution < 1.29 is 4.74 Å². The van der Waals surface area contributed by atoms with E-state index in [0.717, 1.165) is 35.4 Å². The Bertz CT molecular complexity index is 725. The van der Waals surface area contributed by atoms with Crippen LogP contribution in [0.3, 0.4) is 0 Å². The summed E-state index contributed by atoms with van der Waals surface area (Å²) in [6.07, 6.45) is 8.36. The van der Waals surface area contributed by atoms with Crippen LogP contribution in [0, 0.1) is 23.2 Å². The van der Waals surface area contributed by atoms with Crippen LogP contribution in [-0.4, -0.2) is 16.6 Å². The molecule has 4 aliphatic carbocycles. The number of ether oxygens (including phenoxy) is 1. The number of hydrogen-bond acceptors (Lipinski definition) is 3. The number of nitrogens with zero attached hydrogens (tertiary/aromatic N) is 2. The van der Waals surface area contributed by atoms with Gasteiger partial charge in [0.1, 0.15) is 0 Å². The molecule has 0 N–H and O–H groups in total. The molecule has 0 saturated heterocycles. The highest BCUT2D eigenvalue weighted by Crippen LogP contribution is 2.60. The van der Waals surface area contributed by atoms with E-state index < -0.39 is 0 Å². The van der Waals surface area contributed by atoms with Crippen LogP contribution in [0.25, 0.3) is 11.0 Å². The van der Waals surface area contributed by atoms with E-state index in [2.05, 4.69) is 9.97 Å². The Hall–Kier alpha value is -1.35. The van der Waals surface area contributed by atoms with Gasteiger partial charge in [0.05, 0.1) is 17.6 Å². The van der Waals surface area contributed by atoms with Gasteiger partial charge in [-0.3, -0.25) is 0 Å². The molecule has 0 atom stereocenters. The van der Waals surface area contributed by atoms with Crippen molar-refractivity contribution in [3.8, 4) is 5.88 Å². The van der Waals surface area contributed by atoms with E-state index >= 15 is 0 Å². The fraction of sp³-hybridized carbons (Fsp3) is 0.579. The Labute approximate surface area is 141 Å². The monoisotopic (exact) mass is 328 g/mol. The third kappa shape index (κ3) is 2.40. The molecule has 120 valence electrons. The van der Waals surface area contributed by atoms with E-state index in [0.29, 0.717) is 16.4 Å². The first-order valence-corrected chi connectivity index (χ1v) is 9.12. The Morgan fingerprint density at radius 1 is 0.957 bits per heavy atom. The average molecular weight is 329 g/mol. The van der Waals surface area contributed by atoms with E-state index in [1.807, 2.05) is 24.3 Å². The summed E-state index contributed by atoms with van der Waals surface area (Å²) in [7, 11) is 0. The third-order valence-electron chi connectivity index (χ3n) is 6.18. The van der Waals surface area contributed by atoms with E-state index in [1.54, 1.807) is 0 Å². The van der Waals surface area contributed by atoms with Gasteiger partial charge in [-0.1, -0.05) is 23.7 Å². The van der Waals surface area contributed by atoms with Crippen molar-refractivity contribution in [3.05, 3.63) is 29.4 Å². The maximum absolute atomic E-state index is 6.29. The molecule has 23 heavy (non-hydrogen) atoms. The fourth-order valence-corrected chi connectivity index (χ4v) is 5.93. The van der Waals surface area contributed by atoms with Crippen LogP contribution < -0.4 is 4.74 Å². The van der Waals surface area contributed by atoms with E-state index in [1.165, 1.54) is 38.5 Å². The Morgan fingerprint density at radius 3 is 2.13 bits per heavy atom. The molecule has 4 fully saturated rings. The number of halogens is 1. The second-order valence-electron chi connectivity index (χ2n) is 8.01. The number of hydrogen-bond donors (Lipinski definition) is 0. The molecule has 4 bridgehead atoms. The highest BCUT2D eigenvalue weighted by Gasteiger charge is 2.51. The lowest BCUT2D eigenvalue weighted by molar-refractivity contribution is -0.0751. The summed E-state index contributed by atoms with van der Waals surface area (Å²) in [6.45, 7) is 0.753. The van der Waals surface area contributed by atoms with Gasteiger partial charge in [0.25, 0.3) is 5.88 Å². The van der Waals surface area contributed by atoms with Crippen LogP contribution in [0.2, 0.25) is 5.15 Å². The van der Waals surface area contributed by atoms with E-state index in [-0.39, 0.29) is 0 Å². The van der Waals surface area contributed by atoms with Crippen LogP contribution in [0.15, 0.2) is 24.3 Å². The van der Waals surface area contributed by atoms with Crippen molar-refractivity contribution in [1.82, 2.24) is 9.97 Å². The average Bonchev–Trinajstić information content (AvgIpc) is 2.51. The molecule has 0 unspecified atom stereocenters. The summed E-state index contributed by atoms with van der Waals surface area (Å²) in [5, 5.41) is 0.383. The van der Waals surface area contributed by atoms with Crippen LogP contribution >= 0.6 is 11.6 Å². The molecule has 2 aromatic rings. The summed E-state index contributed by atoms with van der Waals surface area (Å²) in [4.78, 5) is 8.99. The molecular formula is C19H21ClN2O. The molecule has 4 heteroatoms. The number of fused-ring (bicyclic) bond motifs is 1. The maximum atomic E-state index is 6.29. The Balaban J connectivity index is 1.39. The lowest BCUT2D eigenvalue weighted by atomic mass is 9.50. The first-order valence-electron chi connectivity index (χ1n) is 8.74. The zero-order chi connectivity index (χ0) is 15.4. The standard InChI is InChI=1S/C19H21ClN2O/c20-17-18(22-16-4-2-1-3-15(16)21-17)23-11-19-8-12-5-13(9-19)7-14(6-12)10-19/h1-4,12-14H,5-11H2. The maximum Gasteiger partial charge on any atom is 0.252 e. The van der Waals surface area contributed by atoms with Gasteiger partial charge in [-0.25, -0.2) is 9.97 Å². The van der Waals surface area contributed by atoms with Gasteiger partial charge < -0.3 is 4.74 Å². The Morgan fingerprint density at radius 2 is 1.52 bits per heavy atom. The summed E-state index contributed by atoms with van der Waals surface area (Å²) in [5.74, 6) is 3.30. The molecule has 6 rings (SSSR count). The number of aromatic nitrogens is 2. The second kappa shape index (κ2) is 5.07. The quantitative estimate of drug-likeness (QED) is 0.805. The van der Waals surface area contributed by atoms with Gasteiger partial charge in [0.2, 0.25) is 0 Å². The lowest BCUT2D eigenvalue weighted by Gasteiger charge is -2.56. The summed E-state index contributed by atoms with van der Waals surface area (Å²) < 4.78 is 6.12. The molecule has 0 spiro atoms. The minimum absolute atomic E-state index is 0.366. The third-order valence-corrected chi connectivity index (χ3v) is 6.43. The predicted octanol–water partition coefficient (Wildman–Crippen LogP) is 4.88. The number of benzene rings is 1. The summed E-state index contributed by atoms with van der Waals surface area (Å²) in [6, 6.07) is 7.80. The van der Waals surface area contributed by atoms with Crippen molar-refractivity contribution in [2.45, 2.75) is 38.5 Å². The molecule has 1 aromatic heterocycles. The van der Waals surface area contributed by atoms with Crippen molar-refractivity contribution in [3.63, 3.8) is 0 Å². The molecule has 1 heterocycles. The van der Waals surface area contributed by atoms with Crippen molar-refractivity contribution >= 4 is 22.6 Å². The molecule has 0 amide bonds. The molecule has 4 aliphatic rings. The molecule has 1 aromatic carbocycles. The highest BCUT2D eigenvalue weighted by atomic mass is 35.5. The van der Waals surface area contributed by atoms with Crippen LogP contribution in [0.1, 0.15) is 38.5 Å². The fourth-order valence-electron chi connectivity index (χ4n) is 5.74. The largest absolute Gasteiger partial charge is 0.475 e. The minimum Gasteiger partial charge on any atom is -0.475 e. The van der Waals surface area contributed by atoms with E-state index in [9.17, 15) is 0 Å². The van der Waals surface area contributed by atoms with Gasteiger partial charge in [0, 0.05) is 5.41 Å². The Kier molecular flexibility index (Phi) is 3.09. The number of rotatable bonds is 3. The van der Waals surface area contributed by atoms with Crippen LogP contribution in [0.5, 0.6) is 5.88 Å². The molecule has 0 aliphatic heterocycles. The topological polar surface area (TPSA) is 35.0 Å². The smallest absolute Gasteiger partial charge is 0.252 e. The molecule has 4 saturated carbocycles. The second-order valence-corrected chi connectivity index (χ2v) is 8.37. The lowest BCUT2D eigenvalue weighted by Crippen LogP contribution is -2.48. The minimum atomic E-state index is 0.366. The molecular weight excluding hydrogens is 308 g/mol. The number of para-hydroxylation sites is 2. The van der Waals surface area contributed by atoms with Gasteiger partial charge in [-0.2, -0.15) is 0 Å². The first kappa shape index (κ1) is 14.0. The van der Waals surface area contributed by atoms with Crippen LogP contribution in [0.4, 0.5) is 0 Å². The molecule has 3 nitrogen and oxygen atoms in total. The summed E-state index contributed by atoms with van der Waals surface area (Å²) in [5.41, 5.74) is 2.03. The summed E-state index contributed by atoms with van der Waals surface area (Å²) >= 11 is 6.29. The van der Waals surface area contributed by atoms with Gasteiger partial charge in [-0.15, -0.1) is 0 Å². The zero-order valence-electron chi connectivity index (χ0n) is 13.2. The zero-order valence-corrected chi connectivity index (χ0v) is 13.9. The van der Waals surface area contributed by atoms with E-state index in [4.69, 9.17) is 16.3 Å². The first-order chi connectivity index (χ1) is 11.2. The predicted molar refractivity (Wildman–Crippen MR) is 90.6 cm³/mol. The SMILES string of the molecule is Clc1nc2ccccc2nc1OCC12CC3CC(CC(C3)C1)C2. The van der Waals surface area contributed by atoms with Crippen molar-refractivity contribution in [1.29, 1.82) is 0 Å². The normalized spacial score (nSPS) is 34.9. The van der Waals surface area contributed by atoms with Crippen LogP contribution in [-0.2, 0) is 0 Å². The van der Waals surface area contributed by atoms with Gasteiger partial charge >= 0.3 is 0 Å². The van der Waals surface area contributed by atoms with Crippen molar-refractivity contribution in [2.75, 3.05) is 6.61 Å². The van der Waals surface area contributed by atoms with Crippen molar-refractivity contribution in [2.24, 2.45) is 23.2 Å². The molecule has 0 radical (unpaired) electrons. The highest BCUT2D eigenvalue weighted by molar-refractivity contribution is 6.31. The van der Waals surface area contributed by atoms with Gasteiger partial charge in [0.15, 0.2) is 5.15 Å².